The highest BCUT2D eigenvalue weighted by molar-refractivity contribution is 7.26. The predicted molar refractivity (Wildman–Crippen MR) is 206 cm³/mol. The monoisotopic (exact) mass is 632 g/mol. The van der Waals surface area contributed by atoms with Crippen LogP contribution in [0.4, 0.5) is 34.1 Å². The summed E-state index contributed by atoms with van der Waals surface area (Å²) < 4.78 is 5.35. The van der Waals surface area contributed by atoms with Crippen LogP contribution in [0.5, 0.6) is 0 Å². The molecule has 0 saturated carbocycles. The van der Waals surface area contributed by atoms with Crippen molar-refractivity contribution in [2.45, 2.75) is 0 Å². The summed E-state index contributed by atoms with van der Waals surface area (Å²) >= 11 is 3.81. The number of fused-ring (bicyclic) bond motifs is 10. The lowest BCUT2D eigenvalue weighted by Gasteiger charge is -2.44. The second-order valence-corrected chi connectivity index (χ2v) is 14.7. The molecule has 0 radical (unpaired) electrons. The number of hydrogen-bond donors (Lipinski definition) is 0. The molecule has 4 heterocycles. The molecule has 0 bridgehead atoms. The van der Waals surface area contributed by atoms with E-state index in [4.69, 9.17) is 0 Å². The molecule has 2 nitrogen and oxygen atoms in total. The fourth-order valence-corrected chi connectivity index (χ4v) is 10.3. The molecule has 218 valence electrons. The van der Waals surface area contributed by atoms with E-state index in [1.165, 1.54) is 90.9 Å². The normalized spacial score (nSPS) is 13.4. The molecule has 0 aliphatic carbocycles. The van der Waals surface area contributed by atoms with Crippen LogP contribution in [-0.2, 0) is 0 Å². The Morgan fingerprint density at radius 3 is 1.30 bits per heavy atom. The summed E-state index contributed by atoms with van der Waals surface area (Å²) in [6.45, 7) is 0.0929. The van der Waals surface area contributed by atoms with Crippen molar-refractivity contribution in [2.75, 3.05) is 9.80 Å². The number of thiophene rings is 2. The molecule has 0 spiro atoms. The highest BCUT2D eigenvalue weighted by atomic mass is 32.1. The molecule has 9 aromatic rings. The first-order chi connectivity index (χ1) is 23.3. The Kier molecular flexibility index (Phi) is 5.26. The highest BCUT2D eigenvalue weighted by Gasteiger charge is 2.43. The Balaban J connectivity index is 1.29. The Morgan fingerprint density at radius 1 is 0.362 bits per heavy atom. The van der Waals surface area contributed by atoms with Crippen molar-refractivity contribution < 1.29 is 0 Å². The van der Waals surface area contributed by atoms with Crippen LogP contribution in [-0.4, -0.2) is 6.71 Å². The van der Waals surface area contributed by atoms with E-state index in [0.29, 0.717) is 0 Å². The molecule has 0 amide bonds. The molecule has 0 atom stereocenters. The number of rotatable bonds is 2. The third-order valence-electron chi connectivity index (χ3n) is 10.0. The van der Waals surface area contributed by atoms with Crippen molar-refractivity contribution >= 4 is 120 Å². The van der Waals surface area contributed by atoms with E-state index < -0.39 is 0 Å². The average Bonchev–Trinajstić information content (AvgIpc) is 3.68. The van der Waals surface area contributed by atoms with Gasteiger partial charge in [0.25, 0.3) is 6.71 Å². The van der Waals surface area contributed by atoms with E-state index in [9.17, 15) is 0 Å². The summed E-state index contributed by atoms with van der Waals surface area (Å²) in [5.74, 6) is 0. The van der Waals surface area contributed by atoms with Crippen LogP contribution in [0.25, 0.3) is 40.3 Å². The Morgan fingerprint density at radius 2 is 0.809 bits per heavy atom. The van der Waals surface area contributed by atoms with Crippen LogP contribution in [0.15, 0.2) is 152 Å². The van der Waals surface area contributed by atoms with Crippen LogP contribution >= 0.6 is 22.7 Å². The second-order valence-electron chi connectivity index (χ2n) is 12.5. The number of hydrogen-bond acceptors (Lipinski definition) is 4. The smallest absolute Gasteiger partial charge is 0.252 e. The van der Waals surface area contributed by atoms with Crippen LogP contribution < -0.4 is 26.2 Å². The largest absolute Gasteiger partial charge is 0.311 e. The molecule has 7 aromatic carbocycles. The van der Waals surface area contributed by atoms with Gasteiger partial charge >= 0.3 is 0 Å². The van der Waals surface area contributed by atoms with Gasteiger partial charge in [0.1, 0.15) is 0 Å². The van der Waals surface area contributed by atoms with E-state index in [1.54, 1.807) is 0 Å². The SMILES string of the molecule is c1ccc(N2c3cc4c(cc3B3c5cc6sc7ccccc7c6cc5N(c5ccccc5)c5cccc2c53)sc2ccccc24)cc1. The first kappa shape index (κ1) is 25.8. The molecular weight excluding hydrogens is 607 g/mol. The standard InChI is InChI=1S/C42H25BN2S2/c1-3-12-26(13-4-1)44-34-18-11-19-35-42(34)43(32-24-40-30(22-36(32)44)28-16-7-9-20-38(28)46-40)33-25-41-31(29-17-8-10-21-39(29)47-41)23-37(33)45(35)27-14-5-2-6-15-27/h1-25H. The zero-order valence-corrected chi connectivity index (χ0v) is 26.9. The summed E-state index contributed by atoms with van der Waals surface area (Å²) in [4.78, 5) is 5.01. The Hall–Kier alpha value is -5.36. The fraction of sp³-hybridized carbons (Fsp3) is 0. The highest BCUT2D eigenvalue weighted by Crippen LogP contribution is 2.47. The van der Waals surface area contributed by atoms with Crippen LogP contribution in [0, 0.1) is 0 Å². The summed E-state index contributed by atoms with van der Waals surface area (Å²) in [7, 11) is 0. The summed E-state index contributed by atoms with van der Waals surface area (Å²) in [5.41, 5.74) is 11.5. The second kappa shape index (κ2) is 9.58. The zero-order valence-electron chi connectivity index (χ0n) is 25.2. The maximum Gasteiger partial charge on any atom is 0.252 e. The summed E-state index contributed by atoms with van der Waals surface area (Å²) in [6, 6.07) is 56.3. The third-order valence-corrected chi connectivity index (χ3v) is 12.3. The molecule has 11 rings (SSSR count). The molecule has 0 saturated heterocycles. The predicted octanol–water partition coefficient (Wildman–Crippen LogP) is 10.5. The van der Waals surface area contributed by atoms with Crippen molar-refractivity contribution in [3.63, 3.8) is 0 Å². The van der Waals surface area contributed by atoms with E-state index >= 15 is 0 Å². The maximum absolute atomic E-state index is 2.51. The Bertz CT molecular complexity index is 2530. The van der Waals surface area contributed by atoms with Crippen molar-refractivity contribution in [1.82, 2.24) is 0 Å². The number of para-hydroxylation sites is 2. The molecule has 2 aromatic heterocycles. The average molecular weight is 633 g/mol. The van der Waals surface area contributed by atoms with Gasteiger partial charge in [-0.15, -0.1) is 22.7 Å². The van der Waals surface area contributed by atoms with Crippen molar-refractivity contribution in [3.05, 3.63) is 152 Å². The molecule has 0 N–H and O–H groups in total. The number of nitrogens with zero attached hydrogens (tertiary/aromatic N) is 2. The minimum atomic E-state index is 0.0929. The molecule has 47 heavy (non-hydrogen) atoms. The van der Waals surface area contributed by atoms with Gasteiger partial charge in [0.05, 0.1) is 0 Å². The molecular formula is C42H25BN2S2. The summed E-state index contributed by atoms with van der Waals surface area (Å²) in [6.07, 6.45) is 0. The van der Waals surface area contributed by atoms with E-state index in [-0.39, 0.29) is 6.71 Å². The van der Waals surface area contributed by atoms with Gasteiger partial charge in [-0.2, -0.15) is 0 Å². The van der Waals surface area contributed by atoms with Crippen molar-refractivity contribution in [1.29, 1.82) is 0 Å². The van der Waals surface area contributed by atoms with E-state index in [0.717, 1.165) is 0 Å². The molecule has 0 fully saturated rings. The van der Waals surface area contributed by atoms with Gasteiger partial charge in [0, 0.05) is 74.5 Å². The number of anilines is 6. The topological polar surface area (TPSA) is 6.48 Å². The minimum Gasteiger partial charge on any atom is -0.311 e. The van der Waals surface area contributed by atoms with Crippen molar-refractivity contribution in [2.24, 2.45) is 0 Å². The van der Waals surface area contributed by atoms with Gasteiger partial charge < -0.3 is 9.80 Å². The molecule has 2 aliphatic rings. The molecule has 0 unspecified atom stereocenters. The quantitative estimate of drug-likeness (QED) is 0.175. The Labute approximate surface area is 280 Å². The molecule has 2 aliphatic heterocycles. The lowest BCUT2D eigenvalue weighted by Crippen LogP contribution is -2.61. The van der Waals surface area contributed by atoms with Crippen LogP contribution in [0.2, 0.25) is 0 Å². The third kappa shape index (κ3) is 3.56. The first-order valence-corrected chi connectivity index (χ1v) is 17.7. The van der Waals surface area contributed by atoms with Gasteiger partial charge in [0.2, 0.25) is 0 Å². The van der Waals surface area contributed by atoms with E-state index in [1.807, 2.05) is 22.7 Å². The van der Waals surface area contributed by atoms with Gasteiger partial charge in [-0.05, 0) is 89.2 Å². The minimum absolute atomic E-state index is 0.0929. The maximum atomic E-state index is 2.51. The van der Waals surface area contributed by atoms with Gasteiger partial charge in [0.15, 0.2) is 0 Å². The fourth-order valence-electron chi connectivity index (χ4n) is 8.08. The van der Waals surface area contributed by atoms with E-state index in [2.05, 4.69) is 161 Å². The zero-order chi connectivity index (χ0) is 30.6. The lowest BCUT2D eigenvalue weighted by atomic mass is 9.33. The van der Waals surface area contributed by atoms with Crippen LogP contribution in [0.1, 0.15) is 0 Å². The van der Waals surface area contributed by atoms with Crippen LogP contribution in [0.3, 0.4) is 0 Å². The number of benzene rings is 7. The first-order valence-electron chi connectivity index (χ1n) is 16.1. The van der Waals surface area contributed by atoms with Gasteiger partial charge in [-0.1, -0.05) is 78.9 Å². The van der Waals surface area contributed by atoms with Crippen molar-refractivity contribution in [3.8, 4) is 0 Å². The van der Waals surface area contributed by atoms with Gasteiger partial charge in [-0.3, -0.25) is 0 Å². The molecule has 5 heteroatoms. The van der Waals surface area contributed by atoms with Gasteiger partial charge in [-0.25, -0.2) is 0 Å². The summed E-state index contributed by atoms with van der Waals surface area (Å²) in [5, 5.41) is 5.31. The lowest BCUT2D eigenvalue weighted by molar-refractivity contribution is 1.26.